The molecule has 0 atom stereocenters. The summed E-state index contributed by atoms with van der Waals surface area (Å²) in [6.45, 7) is 3.55. The lowest BCUT2D eigenvalue weighted by Crippen LogP contribution is -2.35. The van der Waals surface area contributed by atoms with Crippen molar-refractivity contribution >= 4 is 11.6 Å². The minimum Gasteiger partial charge on any atom is -0.306 e. The van der Waals surface area contributed by atoms with Crippen molar-refractivity contribution < 1.29 is 13.2 Å². The number of H-pyrrole nitrogens is 1. The number of hydrogen-bond donors (Lipinski definition) is 1. The number of nitrogens with zero attached hydrogens (tertiary/aromatic N) is 4. The van der Waals surface area contributed by atoms with E-state index < -0.39 is 11.7 Å². The molecule has 158 valence electrons. The van der Waals surface area contributed by atoms with Crippen LogP contribution in [0.15, 0.2) is 29.1 Å². The Kier molecular flexibility index (Phi) is 5.19. The van der Waals surface area contributed by atoms with Crippen molar-refractivity contribution in [1.82, 2.24) is 24.6 Å². The fourth-order valence-electron chi connectivity index (χ4n) is 3.65. The number of hydrogen-bond acceptors (Lipinski definition) is 4. The third-order valence-electron chi connectivity index (χ3n) is 5.28. The number of aromatic amines is 1. The van der Waals surface area contributed by atoms with Gasteiger partial charge in [0.25, 0.3) is 5.56 Å². The van der Waals surface area contributed by atoms with E-state index in [-0.39, 0.29) is 11.4 Å². The van der Waals surface area contributed by atoms with Gasteiger partial charge in [0.2, 0.25) is 0 Å². The largest absolute Gasteiger partial charge is 0.416 e. The minimum absolute atomic E-state index is 0.270. The van der Waals surface area contributed by atoms with E-state index in [0.29, 0.717) is 48.0 Å². The van der Waals surface area contributed by atoms with Gasteiger partial charge in [-0.3, -0.25) is 14.4 Å². The number of aryl methyl sites for hydroxylation is 2. The zero-order valence-corrected chi connectivity index (χ0v) is 17.1. The smallest absolute Gasteiger partial charge is 0.306 e. The monoisotopic (exact) mass is 437 g/mol. The first-order chi connectivity index (χ1) is 14.1. The maximum Gasteiger partial charge on any atom is 0.416 e. The summed E-state index contributed by atoms with van der Waals surface area (Å²) in [5.74, 6) is 0.270. The SMILES string of the molecule is Cc1nn(C)c(Cl)c1CN1CCc2nc(-c3ccc(C(F)(F)F)cc3)[nH]c(=O)c2C1. The van der Waals surface area contributed by atoms with Crippen molar-refractivity contribution in [1.29, 1.82) is 0 Å². The van der Waals surface area contributed by atoms with E-state index in [2.05, 4.69) is 20.0 Å². The van der Waals surface area contributed by atoms with E-state index >= 15 is 0 Å². The number of rotatable bonds is 3. The van der Waals surface area contributed by atoms with E-state index in [9.17, 15) is 18.0 Å². The van der Waals surface area contributed by atoms with Gasteiger partial charge in [-0.15, -0.1) is 0 Å². The molecule has 3 aromatic rings. The fourth-order valence-corrected chi connectivity index (χ4v) is 3.88. The van der Waals surface area contributed by atoms with E-state index in [1.165, 1.54) is 12.1 Å². The number of fused-ring (bicyclic) bond motifs is 1. The molecule has 0 bridgehead atoms. The lowest BCUT2D eigenvalue weighted by atomic mass is 10.1. The van der Waals surface area contributed by atoms with Crippen LogP contribution in [0.2, 0.25) is 5.15 Å². The molecular formula is C20H19ClF3N5O. The van der Waals surface area contributed by atoms with Gasteiger partial charge in [-0.1, -0.05) is 23.7 Å². The Hall–Kier alpha value is -2.65. The molecule has 10 heteroatoms. The molecule has 6 nitrogen and oxygen atoms in total. The van der Waals surface area contributed by atoms with Crippen molar-refractivity contribution in [3.05, 3.63) is 67.9 Å². The zero-order valence-electron chi connectivity index (χ0n) is 16.3. The maximum absolute atomic E-state index is 12.8. The van der Waals surface area contributed by atoms with E-state index in [1.54, 1.807) is 11.7 Å². The second kappa shape index (κ2) is 7.55. The molecule has 0 radical (unpaired) electrons. The van der Waals surface area contributed by atoms with Crippen LogP contribution >= 0.6 is 11.6 Å². The van der Waals surface area contributed by atoms with Crippen LogP contribution in [0.25, 0.3) is 11.4 Å². The van der Waals surface area contributed by atoms with Crippen LogP contribution in [-0.2, 0) is 32.7 Å². The van der Waals surface area contributed by atoms with Crippen molar-refractivity contribution in [2.24, 2.45) is 7.05 Å². The molecule has 1 aliphatic rings. The Morgan fingerprint density at radius 3 is 2.53 bits per heavy atom. The number of benzene rings is 1. The zero-order chi connectivity index (χ0) is 21.6. The standard InChI is InChI=1S/C20H19ClF3N5O/c1-11-14(17(21)28(2)27-11)9-29-8-7-16-15(10-29)19(30)26-18(25-16)12-3-5-13(6-4-12)20(22,23)24/h3-6H,7-10H2,1-2H3,(H,25,26,30). The van der Waals surface area contributed by atoms with E-state index in [1.807, 2.05) is 6.92 Å². The minimum atomic E-state index is -4.41. The lowest BCUT2D eigenvalue weighted by molar-refractivity contribution is -0.137. The summed E-state index contributed by atoms with van der Waals surface area (Å²) >= 11 is 6.32. The molecule has 3 heterocycles. The normalized spacial score (nSPS) is 14.7. The van der Waals surface area contributed by atoms with Gasteiger partial charge in [0.05, 0.1) is 22.5 Å². The number of halogens is 4. The summed E-state index contributed by atoms with van der Waals surface area (Å²) in [5, 5.41) is 4.88. The summed E-state index contributed by atoms with van der Waals surface area (Å²) in [4.78, 5) is 22.0. The van der Waals surface area contributed by atoms with E-state index in [4.69, 9.17) is 11.6 Å². The average Bonchev–Trinajstić information content (AvgIpc) is 2.94. The Morgan fingerprint density at radius 2 is 1.93 bits per heavy atom. The fraction of sp³-hybridized carbons (Fsp3) is 0.350. The van der Waals surface area contributed by atoms with Gasteiger partial charge >= 0.3 is 6.18 Å². The molecule has 0 spiro atoms. The van der Waals surface area contributed by atoms with Crippen molar-refractivity contribution in [2.45, 2.75) is 32.6 Å². The highest BCUT2D eigenvalue weighted by Crippen LogP contribution is 2.30. The Balaban J connectivity index is 1.58. The highest BCUT2D eigenvalue weighted by Gasteiger charge is 2.30. The molecule has 1 aliphatic heterocycles. The quantitative estimate of drug-likeness (QED) is 0.678. The highest BCUT2D eigenvalue weighted by molar-refractivity contribution is 6.30. The number of nitrogens with one attached hydrogen (secondary N) is 1. The van der Waals surface area contributed by atoms with Gasteiger partial charge in [-0.05, 0) is 19.1 Å². The van der Waals surface area contributed by atoms with Gasteiger partial charge in [0.15, 0.2) is 0 Å². The van der Waals surface area contributed by atoms with Crippen LogP contribution in [0.3, 0.4) is 0 Å². The van der Waals surface area contributed by atoms with Gasteiger partial charge in [0.1, 0.15) is 11.0 Å². The molecule has 1 aromatic carbocycles. The number of aromatic nitrogens is 4. The average molecular weight is 438 g/mol. The second-order valence-corrected chi connectivity index (χ2v) is 7.71. The first-order valence-corrected chi connectivity index (χ1v) is 9.71. The Labute approximate surface area is 175 Å². The highest BCUT2D eigenvalue weighted by atomic mass is 35.5. The molecule has 4 rings (SSSR count). The summed E-state index contributed by atoms with van der Waals surface area (Å²) in [7, 11) is 1.78. The van der Waals surface area contributed by atoms with Gasteiger partial charge in [-0.25, -0.2) is 4.98 Å². The van der Waals surface area contributed by atoms with Crippen molar-refractivity contribution in [3.63, 3.8) is 0 Å². The van der Waals surface area contributed by atoms with Gasteiger partial charge in [0, 0.05) is 44.2 Å². The second-order valence-electron chi connectivity index (χ2n) is 7.35. The van der Waals surface area contributed by atoms with Crippen molar-refractivity contribution in [3.8, 4) is 11.4 Å². The summed E-state index contributed by atoms with van der Waals surface area (Å²) in [5.41, 5.74) is 2.41. The molecule has 1 N–H and O–H groups in total. The molecule has 0 aliphatic carbocycles. The molecule has 30 heavy (non-hydrogen) atoms. The third-order valence-corrected chi connectivity index (χ3v) is 5.76. The van der Waals surface area contributed by atoms with Crippen LogP contribution in [0.1, 0.15) is 28.1 Å². The van der Waals surface area contributed by atoms with E-state index in [0.717, 1.165) is 23.4 Å². The molecule has 0 unspecified atom stereocenters. The van der Waals surface area contributed by atoms with Crippen molar-refractivity contribution in [2.75, 3.05) is 6.54 Å². The predicted molar refractivity (Wildman–Crippen MR) is 106 cm³/mol. The molecule has 0 amide bonds. The van der Waals surface area contributed by atoms with Gasteiger partial charge in [-0.2, -0.15) is 18.3 Å². The molecule has 0 fully saturated rings. The molecule has 2 aromatic heterocycles. The Morgan fingerprint density at radius 1 is 1.23 bits per heavy atom. The van der Waals surface area contributed by atoms with Crippen LogP contribution in [-0.4, -0.2) is 31.2 Å². The molecule has 0 saturated heterocycles. The summed E-state index contributed by atoms with van der Waals surface area (Å²) in [6.07, 6.45) is -3.85. The third kappa shape index (κ3) is 3.87. The van der Waals surface area contributed by atoms with Crippen LogP contribution < -0.4 is 5.56 Å². The number of alkyl halides is 3. The summed E-state index contributed by atoms with van der Waals surface area (Å²) < 4.78 is 39.9. The van der Waals surface area contributed by atoms with Crippen LogP contribution in [0.5, 0.6) is 0 Å². The lowest BCUT2D eigenvalue weighted by Gasteiger charge is -2.27. The molecular weight excluding hydrogens is 419 g/mol. The first-order valence-electron chi connectivity index (χ1n) is 9.33. The van der Waals surface area contributed by atoms with Crippen LogP contribution in [0.4, 0.5) is 13.2 Å². The maximum atomic E-state index is 12.8. The Bertz CT molecular complexity index is 1150. The summed E-state index contributed by atoms with van der Waals surface area (Å²) in [6, 6.07) is 4.60. The van der Waals surface area contributed by atoms with Gasteiger partial charge < -0.3 is 4.98 Å². The predicted octanol–water partition coefficient (Wildman–Crippen LogP) is 3.71. The van der Waals surface area contributed by atoms with Crippen LogP contribution in [0, 0.1) is 6.92 Å². The molecule has 0 saturated carbocycles. The topological polar surface area (TPSA) is 66.8 Å². The first kappa shape index (κ1) is 20.6.